The fourth-order valence-corrected chi connectivity index (χ4v) is 4.32. The average Bonchev–Trinajstić information content (AvgIpc) is 2.99. The van der Waals surface area contributed by atoms with Gasteiger partial charge >= 0.3 is 0 Å². The first-order valence-electron chi connectivity index (χ1n) is 8.06. The summed E-state index contributed by atoms with van der Waals surface area (Å²) in [6.45, 7) is 2.26. The van der Waals surface area contributed by atoms with Gasteiger partial charge in [-0.15, -0.1) is 18.2 Å². The van der Waals surface area contributed by atoms with E-state index in [1.165, 1.54) is 23.5 Å². The van der Waals surface area contributed by atoms with E-state index in [0.29, 0.717) is 20.6 Å². The van der Waals surface area contributed by atoms with Crippen molar-refractivity contribution in [1.82, 2.24) is 4.57 Å². The van der Waals surface area contributed by atoms with Crippen molar-refractivity contribution in [3.05, 3.63) is 62.9 Å². The smallest absolute Gasteiger partial charge is 0.279 e. The number of amides is 1. The van der Waals surface area contributed by atoms with Gasteiger partial charge in [-0.05, 0) is 30.0 Å². The molecule has 1 aromatic heterocycles. The zero-order chi connectivity index (χ0) is 19.4. The normalized spacial score (nSPS) is 11.5. The van der Waals surface area contributed by atoms with E-state index in [-0.39, 0.29) is 18.1 Å². The monoisotopic (exact) mass is 397 g/mol. The van der Waals surface area contributed by atoms with Gasteiger partial charge in [0.25, 0.3) is 11.6 Å². The number of benzene rings is 2. The third-order valence-corrected chi connectivity index (χ3v) is 5.63. The second-order valence-electron chi connectivity index (χ2n) is 5.46. The van der Waals surface area contributed by atoms with E-state index >= 15 is 0 Å². The van der Waals surface area contributed by atoms with Gasteiger partial charge in [-0.25, -0.2) is 0 Å². The second-order valence-corrected chi connectivity index (χ2v) is 7.81. The van der Waals surface area contributed by atoms with Crippen molar-refractivity contribution in [3.8, 4) is 12.3 Å². The summed E-state index contributed by atoms with van der Waals surface area (Å²) in [5, 5.41) is 11.0. The van der Waals surface area contributed by atoms with Gasteiger partial charge in [0, 0.05) is 22.6 Å². The minimum Gasteiger partial charge on any atom is -0.305 e. The van der Waals surface area contributed by atoms with E-state index in [2.05, 4.69) is 10.9 Å². The first-order chi connectivity index (χ1) is 13.0. The highest BCUT2D eigenvalue weighted by Crippen LogP contribution is 2.23. The Morgan fingerprint density at radius 1 is 1.37 bits per heavy atom. The van der Waals surface area contributed by atoms with Crippen molar-refractivity contribution in [3.63, 3.8) is 0 Å². The van der Waals surface area contributed by atoms with Gasteiger partial charge in [0.15, 0.2) is 4.80 Å². The topological polar surface area (TPSA) is 77.5 Å². The molecule has 0 aliphatic heterocycles. The van der Waals surface area contributed by atoms with Gasteiger partial charge in [-0.3, -0.25) is 14.9 Å². The summed E-state index contributed by atoms with van der Waals surface area (Å²) in [6.07, 6.45) is 5.45. The second kappa shape index (κ2) is 8.20. The fraction of sp³-hybridized carbons (Fsp3) is 0.158. The van der Waals surface area contributed by atoms with Crippen LogP contribution in [0.25, 0.3) is 10.2 Å². The van der Waals surface area contributed by atoms with Crippen molar-refractivity contribution in [2.45, 2.75) is 18.4 Å². The maximum absolute atomic E-state index is 12.6. The molecule has 0 fully saturated rings. The van der Waals surface area contributed by atoms with Gasteiger partial charge in [-0.2, -0.15) is 4.99 Å². The van der Waals surface area contributed by atoms with Crippen molar-refractivity contribution in [2.75, 3.05) is 5.75 Å². The van der Waals surface area contributed by atoms with E-state index in [1.807, 2.05) is 25.1 Å². The number of thiazole rings is 1. The van der Waals surface area contributed by atoms with Gasteiger partial charge in [0.2, 0.25) is 0 Å². The van der Waals surface area contributed by atoms with Gasteiger partial charge in [0.1, 0.15) is 0 Å². The number of hydrogen-bond donors (Lipinski definition) is 0. The minimum atomic E-state index is -0.455. The number of carbonyl (C=O) groups excluding carboxylic acids is 1. The van der Waals surface area contributed by atoms with Crippen LogP contribution in [0.4, 0.5) is 5.69 Å². The molecule has 6 nitrogen and oxygen atoms in total. The largest absolute Gasteiger partial charge is 0.305 e. The van der Waals surface area contributed by atoms with Crippen LogP contribution in [0.15, 0.2) is 52.4 Å². The molecular formula is C19H15N3O3S2. The number of fused-ring (bicyclic) bond motifs is 1. The molecule has 0 bridgehead atoms. The molecule has 0 spiro atoms. The van der Waals surface area contributed by atoms with E-state index in [0.717, 1.165) is 10.6 Å². The molecule has 8 heteroatoms. The van der Waals surface area contributed by atoms with Crippen LogP contribution < -0.4 is 4.80 Å². The molecule has 0 saturated heterocycles. The predicted molar refractivity (Wildman–Crippen MR) is 108 cm³/mol. The van der Waals surface area contributed by atoms with Crippen LogP contribution in [-0.4, -0.2) is 21.2 Å². The summed E-state index contributed by atoms with van der Waals surface area (Å²) < 4.78 is 2.37. The van der Waals surface area contributed by atoms with E-state index in [1.54, 1.807) is 28.5 Å². The lowest BCUT2D eigenvalue weighted by molar-refractivity contribution is -0.384. The molecule has 27 heavy (non-hydrogen) atoms. The van der Waals surface area contributed by atoms with Crippen LogP contribution in [0.3, 0.4) is 0 Å². The number of aromatic nitrogens is 1. The number of rotatable bonds is 5. The van der Waals surface area contributed by atoms with Gasteiger partial charge in [-0.1, -0.05) is 30.2 Å². The lowest BCUT2D eigenvalue weighted by Crippen LogP contribution is -2.16. The van der Waals surface area contributed by atoms with Crippen LogP contribution in [-0.2, 0) is 6.54 Å². The number of terminal acetylenes is 1. The quantitative estimate of drug-likeness (QED) is 0.281. The molecule has 2 aromatic carbocycles. The molecule has 136 valence electrons. The Balaban J connectivity index is 2.10. The molecule has 3 aromatic rings. The number of non-ortho nitro benzene ring substituents is 1. The van der Waals surface area contributed by atoms with Crippen LogP contribution in [0.5, 0.6) is 0 Å². The molecule has 1 heterocycles. The first kappa shape index (κ1) is 18.9. The molecule has 3 rings (SSSR count). The molecule has 1 amide bonds. The minimum absolute atomic E-state index is 0.0150. The van der Waals surface area contributed by atoms with Gasteiger partial charge in [0.05, 0.1) is 21.7 Å². The highest BCUT2D eigenvalue weighted by molar-refractivity contribution is 7.99. The molecule has 0 unspecified atom stereocenters. The van der Waals surface area contributed by atoms with Crippen molar-refractivity contribution in [1.29, 1.82) is 0 Å². The predicted octanol–water partition coefficient (Wildman–Crippen LogP) is 4.10. The molecule has 0 saturated carbocycles. The number of nitrogens with zero attached hydrogens (tertiary/aromatic N) is 3. The summed E-state index contributed by atoms with van der Waals surface area (Å²) in [4.78, 5) is 28.8. The fourth-order valence-electron chi connectivity index (χ4n) is 2.54. The third-order valence-electron chi connectivity index (χ3n) is 3.72. The van der Waals surface area contributed by atoms with E-state index in [9.17, 15) is 14.9 Å². The summed E-state index contributed by atoms with van der Waals surface area (Å²) >= 11 is 2.85. The highest BCUT2D eigenvalue weighted by atomic mass is 32.2. The van der Waals surface area contributed by atoms with Crippen LogP contribution in [0.2, 0.25) is 0 Å². The standard InChI is InChI=1S/C19H15N3O3S2/c1-3-10-21-16-9-8-14(22(24)25)12-17(16)27-19(21)20-18(23)13-6-5-7-15(11-13)26-4-2/h1,5-9,11-12H,4,10H2,2H3. The van der Waals surface area contributed by atoms with Gasteiger partial charge < -0.3 is 4.57 Å². The number of nitro benzene ring substituents is 1. The Morgan fingerprint density at radius 3 is 2.89 bits per heavy atom. The van der Waals surface area contributed by atoms with Crippen molar-refractivity contribution in [2.24, 2.45) is 4.99 Å². The maximum Gasteiger partial charge on any atom is 0.279 e. The van der Waals surface area contributed by atoms with E-state index in [4.69, 9.17) is 6.42 Å². The zero-order valence-electron chi connectivity index (χ0n) is 14.4. The summed E-state index contributed by atoms with van der Waals surface area (Å²) in [5.74, 6) is 3.07. The molecule has 0 atom stereocenters. The maximum atomic E-state index is 12.6. The number of carbonyl (C=O) groups is 1. The summed E-state index contributed by atoms with van der Waals surface area (Å²) in [5.41, 5.74) is 1.19. The SMILES string of the molecule is C#CCn1c(=NC(=O)c2cccc(SCC)c2)sc2cc([N+](=O)[O-])ccc21. The molecule has 0 radical (unpaired) electrons. The zero-order valence-corrected chi connectivity index (χ0v) is 16.0. The Labute approximate surface area is 163 Å². The molecular weight excluding hydrogens is 382 g/mol. The molecule has 0 aliphatic carbocycles. The third kappa shape index (κ3) is 4.10. The Bertz CT molecular complexity index is 1140. The Hall–Kier alpha value is -2.89. The van der Waals surface area contributed by atoms with Crippen molar-refractivity contribution < 1.29 is 9.72 Å². The average molecular weight is 397 g/mol. The summed E-state index contributed by atoms with van der Waals surface area (Å²) in [7, 11) is 0. The lowest BCUT2D eigenvalue weighted by atomic mass is 10.2. The molecule has 0 N–H and O–H groups in total. The Morgan fingerprint density at radius 2 is 2.19 bits per heavy atom. The first-order valence-corrected chi connectivity index (χ1v) is 9.87. The van der Waals surface area contributed by atoms with Crippen LogP contribution in [0.1, 0.15) is 17.3 Å². The Kier molecular flexibility index (Phi) is 5.74. The number of thioether (sulfide) groups is 1. The van der Waals surface area contributed by atoms with Crippen LogP contribution >= 0.6 is 23.1 Å². The lowest BCUT2D eigenvalue weighted by Gasteiger charge is -2.01. The highest BCUT2D eigenvalue weighted by Gasteiger charge is 2.13. The number of nitro groups is 1. The molecule has 0 aliphatic rings. The van der Waals surface area contributed by atoms with Crippen molar-refractivity contribution >= 4 is 44.9 Å². The van der Waals surface area contributed by atoms with Crippen LogP contribution in [0, 0.1) is 22.5 Å². The number of hydrogen-bond acceptors (Lipinski definition) is 5. The van der Waals surface area contributed by atoms with E-state index < -0.39 is 4.92 Å². The summed E-state index contributed by atoms with van der Waals surface area (Å²) in [6, 6.07) is 11.8.